The minimum Gasteiger partial charge on any atom is -0.465 e. The number of hydrogen-bond acceptors (Lipinski definition) is 7. The molecule has 1 amide bonds. The second kappa shape index (κ2) is 8.10. The number of aromatic nitrogens is 2. The monoisotopic (exact) mass is 438 g/mol. The van der Waals surface area contributed by atoms with Crippen LogP contribution in [0, 0.1) is 0 Å². The summed E-state index contributed by atoms with van der Waals surface area (Å²) in [5, 5.41) is 3.75. The van der Waals surface area contributed by atoms with Gasteiger partial charge in [0.05, 0.1) is 29.7 Å². The van der Waals surface area contributed by atoms with E-state index in [0.29, 0.717) is 25.8 Å². The van der Waals surface area contributed by atoms with E-state index in [1.54, 1.807) is 18.5 Å². The zero-order valence-electron chi connectivity index (χ0n) is 15.7. The number of hydrogen-bond donors (Lipinski definition) is 2. The Morgan fingerprint density at radius 2 is 1.90 bits per heavy atom. The molecule has 0 spiro atoms. The van der Waals surface area contributed by atoms with Gasteiger partial charge in [0.1, 0.15) is 9.71 Å². The number of nitrogen functional groups attached to an aromatic ring is 1. The number of pyridine rings is 2. The summed E-state index contributed by atoms with van der Waals surface area (Å²) in [6.07, 6.45) is 3.37. The Bertz CT molecular complexity index is 1270. The second-order valence-electron chi connectivity index (χ2n) is 6.27. The molecule has 4 rings (SSSR count). The first kappa shape index (κ1) is 19.8. The number of nitrogens with zero attached hydrogens (tertiary/aromatic N) is 2. The molecule has 3 heterocycles. The third-order valence-corrected chi connectivity index (χ3v) is 5.76. The highest BCUT2D eigenvalue weighted by Crippen LogP contribution is 2.35. The fraction of sp³-hybridized carbons (Fsp3) is 0.0476. The number of halogens is 1. The van der Waals surface area contributed by atoms with Crippen molar-refractivity contribution in [3.63, 3.8) is 0 Å². The van der Waals surface area contributed by atoms with Gasteiger partial charge in [-0.2, -0.15) is 0 Å². The number of benzene rings is 1. The molecule has 0 fully saturated rings. The summed E-state index contributed by atoms with van der Waals surface area (Å²) in [5.74, 6) is -1.05. The molecule has 0 saturated carbocycles. The molecule has 0 aliphatic heterocycles. The van der Waals surface area contributed by atoms with Crippen LogP contribution >= 0.6 is 22.9 Å². The van der Waals surface area contributed by atoms with Crippen molar-refractivity contribution in [3.05, 3.63) is 70.3 Å². The topological polar surface area (TPSA) is 107 Å². The Morgan fingerprint density at radius 3 is 2.63 bits per heavy atom. The summed E-state index contributed by atoms with van der Waals surface area (Å²) in [7, 11) is 1.26. The Hall–Kier alpha value is -3.49. The molecular formula is C21H15ClN4O3S. The standard InChI is InChI=1S/C21H15ClN4O3S/c1-29-21(28)13-3-2-12(22)10-16(13)25-19(27)18-17(23)14-4-5-15(26-20(14)30-18)11-6-8-24-9-7-11/h2-10H,23H2,1H3,(H,25,27). The molecule has 9 heteroatoms. The van der Waals surface area contributed by atoms with E-state index in [9.17, 15) is 9.59 Å². The van der Waals surface area contributed by atoms with E-state index in [0.717, 1.165) is 11.3 Å². The summed E-state index contributed by atoms with van der Waals surface area (Å²) in [6, 6.07) is 11.9. The van der Waals surface area contributed by atoms with Gasteiger partial charge in [-0.05, 0) is 42.5 Å². The van der Waals surface area contributed by atoms with Crippen LogP contribution in [0.3, 0.4) is 0 Å². The number of fused-ring (bicyclic) bond motifs is 1. The van der Waals surface area contributed by atoms with Crippen LogP contribution in [0.2, 0.25) is 5.02 Å². The van der Waals surface area contributed by atoms with Crippen molar-refractivity contribution in [2.24, 2.45) is 0 Å². The normalized spacial score (nSPS) is 10.7. The van der Waals surface area contributed by atoms with E-state index in [4.69, 9.17) is 22.1 Å². The minimum absolute atomic E-state index is 0.188. The zero-order chi connectivity index (χ0) is 21.3. The minimum atomic E-state index is -0.588. The van der Waals surface area contributed by atoms with Crippen LogP contribution < -0.4 is 11.1 Å². The summed E-state index contributed by atoms with van der Waals surface area (Å²) < 4.78 is 4.76. The zero-order valence-corrected chi connectivity index (χ0v) is 17.3. The van der Waals surface area contributed by atoms with Crippen LogP contribution in [0.5, 0.6) is 0 Å². The van der Waals surface area contributed by atoms with Crippen molar-refractivity contribution in [1.29, 1.82) is 0 Å². The van der Waals surface area contributed by atoms with Gasteiger partial charge in [0.2, 0.25) is 0 Å². The van der Waals surface area contributed by atoms with Gasteiger partial charge in [0, 0.05) is 28.4 Å². The number of carbonyl (C=O) groups is 2. The maximum Gasteiger partial charge on any atom is 0.339 e. The molecule has 150 valence electrons. The van der Waals surface area contributed by atoms with Gasteiger partial charge in [-0.1, -0.05) is 11.6 Å². The highest BCUT2D eigenvalue weighted by molar-refractivity contribution is 7.21. The molecule has 0 unspecified atom stereocenters. The maximum atomic E-state index is 12.9. The highest BCUT2D eigenvalue weighted by Gasteiger charge is 2.21. The lowest BCUT2D eigenvalue weighted by Gasteiger charge is -2.10. The highest BCUT2D eigenvalue weighted by atomic mass is 35.5. The van der Waals surface area contributed by atoms with Crippen LogP contribution in [0.1, 0.15) is 20.0 Å². The van der Waals surface area contributed by atoms with Gasteiger partial charge in [0.25, 0.3) is 5.91 Å². The number of methoxy groups -OCH3 is 1. The van der Waals surface area contributed by atoms with Gasteiger partial charge < -0.3 is 15.8 Å². The third-order valence-electron chi connectivity index (χ3n) is 4.41. The lowest BCUT2D eigenvalue weighted by atomic mass is 10.1. The maximum absolute atomic E-state index is 12.9. The quantitative estimate of drug-likeness (QED) is 0.450. The van der Waals surface area contributed by atoms with E-state index >= 15 is 0 Å². The predicted molar refractivity (Wildman–Crippen MR) is 118 cm³/mol. The summed E-state index contributed by atoms with van der Waals surface area (Å²) >= 11 is 7.20. The number of carbonyl (C=O) groups excluding carboxylic acids is 2. The number of amides is 1. The average molecular weight is 439 g/mol. The van der Waals surface area contributed by atoms with Crippen molar-refractivity contribution in [2.75, 3.05) is 18.2 Å². The molecule has 0 aliphatic rings. The van der Waals surface area contributed by atoms with Crippen molar-refractivity contribution in [3.8, 4) is 11.3 Å². The molecule has 0 bridgehead atoms. The van der Waals surface area contributed by atoms with E-state index in [1.165, 1.54) is 30.6 Å². The number of ether oxygens (including phenoxy) is 1. The van der Waals surface area contributed by atoms with Gasteiger partial charge in [-0.15, -0.1) is 11.3 Å². The number of anilines is 2. The second-order valence-corrected chi connectivity index (χ2v) is 7.70. The molecular weight excluding hydrogens is 424 g/mol. The lowest BCUT2D eigenvalue weighted by molar-refractivity contribution is 0.0602. The molecule has 7 nitrogen and oxygen atoms in total. The first-order valence-corrected chi connectivity index (χ1v) is 9.96. The predicted octanol–water partition coefficient (Wildman–Crippen LogP) is 4.63. The average Bonchev–Trinajstić information content (AvgIpc) is 3.10. The fourth-order valence-corrected chi connectivity index (χ4v) is 4.10. The number of nitrogens with one attached hydrogen (secondary N) is 1. The van der Waals surface area contributed by atoms with Gasteiger partial charge in [-0.3, -0.25) is 9.78 Å². The third kappa shape index (κ3) is 3.70. The number of esters is 1. The summed E-state index contributed by atoms with van der Waals surface area (Å²) in [6.45, 7) is 0. The summed E-state index contributed by atoms with van der Waals surface area (Å²) in [5.41, 5.74) is 8.63. The van der Waals surface area contributed by atoms with Crippen molar-refractivity contribution in [1.82, 2.24) is 9.97 Å². The van der Waals surface area contributed by atoms with E-state index in [2.05, 4.69) is 15.3 Å². The van der Waals surface area contributed by atoms with Crippen LogP contribution in [-0.4, -0.2) is 29.0 Å². The molecule has 30 heavy (non-hydrogen) atoms. The number of thiophene rings is 1. The largest absolute Gasteiger partial charge is 0.465 e. The molecule has 1 aromatic carbocycles. The SMILES string of the molecule is COC(=O)c1ccc(Cl)cc1NC(=O)c1sc2nc(-c3ccncc3)ccc2c1N. The molecule has 4 aromatic rings. The van der Waals surface area contributed by atoms with E-state index in [1.807, 2.05) is 24.3 Å². The molecule has 0 radical (unpaired) electrons. The van der Waals surface area contributed by atoms with Crippen molar-refractivity contribution >= 4 is 56.4 Å². The van der Waals surface area contributed by atoms with Crippen LogP contribution in [0.4, 0.5) is 11.4 Å². The van der Waals surface area contributed by atoms with Crippen LogP contribution in [0.15, 0.2) is 54.9 Å². The lowest BCUT2D eigenvalue weighted by Crippen LogP contribution is -2.15. The number of nitrogens with two attached hydrogens (primary N) is 1. The molecule has 3 N–H and O–H groups in total. The molecule has 3 aromatic heterocycles. The van der Waals surface area contributed by atoms with Crippen LogP contribution in [0.25, 0.3) is 21.5 Å². The van der Waals surface area contributed by atoms with Gasteiger partial charge >= 0.3 is 5.97 Å². The van der Waals surface area contributed by atoms with Crippen molar-refractivity contribution in [2.45, 2.75) is 0 Å². The summed E-state index contributed by atoms with van der Waals surface area (Å²) in [4.78, 5) is 34.5. The molecule has 0 atom stereocenters. The smallest absolute Gasteiger partial charge is 0.339 e. The Morgan fingerprint density at radius 1 is 1.13 bits per heavy atom. The van der Waals surface area contributed by atoms with Gasteiger partial charge in [-0.25, -0.2) is 9.78 Å². The van der Waals surface area contributed by atoms with Crippen molar-refractivity contribution < 1.29 is 14.3 Å². The van der Waals surface area contributed by atoms with Gasteiger partial charge in [0.15, 0.2) is 0 Å². The fourth-order valence-electron chi connectivity index (χ4n) is 2.94. The van der Waals surface area contributed by atoms with E-state index < -0.39 is 11.9 Å². The Balaban J connectivity index is 1.70. The first-order chi connectivity index (χ1) is 14.5. The first-order valence-electron chi connectivity index (χ1n) is 8.76. The molecule has 0 aliphatic carbocycles. The Labute approximate surface area is 180 Å². The van der Waals surface area contributed by atoms with E-state index in [-0.39, 0.29) is 11.3 Å². The molecule has 0 saturated heterocycles. The number of rotatable bonds is 4. The van der Waals surface area contributed by atoms with Crippen LogP contribution in [-0.2, 0) is 4.74 Å². The Kier molecular flexibility index (Phi) is 5.35.